The number of rotatable bonds is 6. The van der Waals surface area contributed by atoms with Crippen molar-refractivity contribution in [3.05, 3.63) is 71.4 Å². The van der Waals surface area contributed by atoms with Gasteiger partial charge < -0.3 is 14.8 Å². The summed E-state index contributed by atoms with van der Waals surface area (Å²) in [5.74, 6) is 1.58. The minimum Gasteiger partial charge on any atom is -0.497 e. The Bertz CT molecular complexity index is 1500. The van der Waals surface area contributed by atoms with Gasteiger partial charge in [-0.25, -0.2) is 15.0 Å². The lowest BCUT2D eigenvalue weighted by Gasteiger charge is -2.12. The summed E-state index contributed by atoms with van der Waals surface area (Å²) in [4.78, 5) is 15.0. The molecule has 2 aromatic carbocycles. The van der Waals surface area contributed by atoms with Crippen LogP contribution in [0.1, 0.15) is 16.4 Å². The highest BCUT2D eigenvalue weighted by Crippen LogP contribution is 2.38. The van der Waals surface area contributed by atoms with Crippen molar-refractivity contribution in [2.45, 2.75) is 20.8 Å². The molecule has 0 amide bonds. The van der Waals surface area contributed by atoms with Crippen molar-refractivity contribution >= 4 is 28.4 Å². The number of aromatic nitrogens is 4. The third-order valence-electron chi connectivity index (χ3n) is 5.75. The van der Waals surface area contributed by atoms with Gasteiger partial charge in [0.15, 0.2) is 5.65 Å². The zero-order chi connectivity index (χ0) is 23.8. The Kier molecular flexibility index (Phi) is 5.67. The van der Waals surface area contributed by atoms with Crippen LogP contribution >= 0.6 is 11.3 Å². The van der Waals surface area contributed by atoms with Crippen LogP contribution in [-0.4, -0.2) is 33.6 Å². The molecular formula is C26H25N5O2S. The van der Waals surface area contributed by atoms with Crippen LogP contribution in [0, 0.1) is 20.8 Å². The van der Waals surface area contributed by atoms with Crippen molar-refractivity contribution in [2.75, 3.05) is 19.5 Å². The van der Waals surface area contributed by atoms with E-state index in [9.17, 15) is 0 Å². The summed E-state index contributed by atoms with van der Waals surface area (Å²) in [6.07, 6.45) is 3.57. The van der Waals surface area contributed by atoms with Crippen LogP contribution in [0.15, 0.2) is 55.0 Å². The number of benzene rings is 2. The SMILES string of the molecule is COc1cccc(-c2nc3c(Nc4ccc(-c5sc(C)nc5C)c(OC)c4)cncn3c2C)c1. The first-order valence-electron chi connectivity index (χ1n) is 10.8. The van der Waals surface area contributed by atoms with E-state index in [1.54, 1.807) is 38.1 Å². The molecule has 3 heterocycles. The molecule has 172 valence electrons. The lowest BCUT2D eigenvalue weighted by molar-refractivity contribution is 0.415. The molecule has 3 aromatic heterocycles. The van der Waals surface area contributed by atoms with Crippen molar-refractivity contribution in [3.63, 3.8) is 0 Å². The van der Waals surface area contributed by atoms with Crippen molar-refractivity contribution in [1.29, 1.82) is 0 Å². The lowest BCUT2D eigenvalue weighted by Crippen LogP contribution is -1.98. The van der Waals surface area contributed by atoms with Crippen molar-refractivity contribution in [1.82, 2.24) is 19.4 Å². The molecule has 0 unspecified atom stereocenters. The summed E-state index contributed by atoms with van der Waals surface area (Å²) >= 11 is 1.67. The molecule has 0 spiro atoms. The number of nitrogens with zero attached hydrogens (tertiary/aromatic N) is 4. The summed E-state index contributed by atoms with van der Waals surface area (Å²) in [7, 11) is 3.35. The Morgan fingerprint density at radius 2 is 1.82 bits per heavy atom. The molecular weight excluding hydrogens is 446 g/mol. The predicted octanol–water partition coefficient (Wildman–Crippen LogP) is 6.21. The Morgan fingerprint density at radius 3 is 2.56 bits per heavy atom. The maximum absolute atomic E-state index is 5.72. The number of thiazole rings is 1. The van der Waals surface area contributed by atoms with Gasteiger partial charge in [-0.2, -0.15) is 0 Å². The molecule has 5 aromatic rings. The molecule has 0 saturated carbocycles. The molecule has 5 rings (SSSR count). The van der Waals surface area contributed by atoms with Crippen molar-refractivity contribution in [3.8, 4) is 33.2 Å². The zero-order valence-corrected chi connectivity index (χ0v) is 20.5. The van der Waals surface area contributed by atoms with E-state index < -0.39 is 0 Å². The summed E-state index contributed by atoms with van der Waals surface area (Å²) < 4.78 is 13.1. The smallest absolute Gasteiger partial charge is 0.164 e. The molecule has 7 nitrogen and oxygen atoms in total. The fourth-order valence-electron chi connectivity index (χ4n) is 4.10. The molecule has 34 heavy (non-hydrogen) atoms. The molecule has 1 N–H and O–H groups in total. The molecule has 0 atom stereocenters. The van der Waals surface area contributed by atoms with Crippen LogP contribution in [0.2, 0.25) is 0 Å². The highest BCUT2D eigenvalue weighted by molar-refractivity contribution is 7.15. The zero-order valence-electron chi connectivity index (χ0n) is 19.7. The standard InChI is InChI=1S/C26H25N5O2S/c1-15-25(34-17(3)28-15)21-10-9-19(12-23(21)33-5)29-22-13-27-14-31-16(2)24(30-26(22)31)18-7-6-8-20(11-18)32-4/h6-14,29H,1-5H3. The number of aryl methyl sites for hydroxylation is 3. The second-order valence-corrected chi connectivity index (χ2v) is 9.17. The Hall–Kier alpha value is -3.91. The normalized spacial score (nSPS) is 11.1. The highest BCUT2D eigenvalue weighted by Gasteiger charge is 2.16. The van der Waals surface area contributed by atoms with Gasteiger partial charge in [-0.3, -0.25) is 4.40 Å². The second-order valence-electron chi connectivity index (χ2n) is 7.97. The van der Waals surface area contributed by atoms with Gasteiger partial charge in [0.1, 0.15) is 23.5 Å². The topological polar surface area (TPSA) is 73.6 Å². The predicted molar refractivity (Wildman–Crippen MR) is 137 cm³/mol. The first kappa shape index (κ1) is 21.9. The monoisotopic (exact) mass is 471 g/mol. The minimum atomic E-state index is 0.785. The van der Waals surface area contributed by atoms with Crippen LogP contribution in [0.3, 0.4) is 0 Å². The maximum atomic E-state index is 5.72. The minimum absolute atomic E-state index is 0.785. The number of nitrogens with one attached hydrogen (secondary N) is 1. The molecule has 8 heteroatoms. The van der Waals surface area contributed by atoms with E-state index in [1.165, 1.54) is 0 Å². The van der Waals surface area contributed by atoms with E-state index in [-0.39, 0.29) is 0 Å². The number of ether oxygens (including phenoxy) is 2. The Morgan fingerprint density at radius 1 is 0.971 bits per heavy atom. The highest BCUT2D eigenvalue weighted by atomic mass is 32.1. The Balaban J connectivity index is 1.53. The summed E-state index contributed by atoms with van der Waals surface area (Å²) in [5, 5.41) is 4.51. The van der Waals surface area contributed by atoms with Gasteiger partial charge in [-0.1, -0.05) is 12.1 Å². The first-order chi connectivity index (χ1) is 16.5. The molecule has 0 aliphatic rings. The van der Waals surface area contributed by atoms with Gasteiger partial charge in [0.05, 0.1) is 41.7 Å². The number of methoxy groups -OCH3 is 2. The van der Waals surface area contributed by atoms with E-state index in [0.717, 1.165) is 66.6 Å². The van der Waals surface area contributed by atoms with E-state index in [4.69, 9.17) is 14.5 Å². The van der Waals surface area contributed by atoms with E-state index in [1.807, 2.05) is 61.6 Å². The van der Waals surface area contributed by atoms with Crippen LogP contribution in [0.25, 0.3) is 27.3 Å². The summed E-state index contributed by atoms with van der Waals surface area (Å²) in [5.41, 5.74) is 7.41. The van der Waals surface area contributed by atoms with Gasteiger partial charge in [0, 0.05) is 28.6 Å². The third kappa shape index (κ3) is 3.86. The van der Waals surface area contributed by atoms with E-state index in [0.29, 0.717) is 0 Å². The van der Waals surface area contributed by atoms with Gasteiger partial charge >= 0.3 is 0 Å². The van der Waals surface area contributed by atoms with Gasteiger partial charge in [-0.05, 0) is 45.0 Å². The van der Waals surface area contributed by atoms with Gasteiger partial charge in [-0.15, -0.1) is 11.3 Å². The van der Waals surface area contributed by atoms with Crippen LogP contribution in [0.5, 0.6) is 11.5 Å². The average molecular weight is 472 g/mol. The quantitative estimate of drug-likeness (QED) is 0.318. The number of hydrogen-bond donors (Lipinski definition) is 1. The summed E-state index contributed by atoms with van der Waals surface area (Å²) in [6, 6.07) is 14.0. The lowest BCUT2D eigenvalue weighted by atomic mass is 10.1. The molecule has 0 radical (unpaired) electrons. The molecule has 0 aliphatic heterocycles. The second kappa shape index (κ2) is 8.79. The number of hydrogen-bond acceptors (Lipinski definition) is 7. The summed E-state index contributed by atoms with van der Waals surface area (Å²) in [6.45, 7) is 6.08. The largest absolute Gasteiger partial charge is 0.497 e. The van der Waals surface area contributed by atoms with E-state index >= 15 is 0 Å². The van der Waals surface area contributed by atoms with Crippen LogP contribution in [0.4, 0.5) is 11.4 Å². The van der Waals surface area contributed by atoms with E-state index in [2.05, 4.69) is 21.4 Å². The third-order valence-corrected chi connectivity index (χ3v) is 6.85. The van der Waals surface area contributed by atoms with Gasteiger partial charge in [0.2, 0.25) is 0 Å². The fourth-order valence-corrected chi connectivity index (χ4v) is 5.05. The molecule has 0 fully saturated rings. The average Bonchev–Trinajstić information content (AvgIpc) is 3.37. The number of fused-ring (bicyclic) bond motifs is 1. The maximum Gasteiger partial charge on any atom is 0.164 e. The molecule has 0 saturated heterocycles. The van der Waals surface area contributed by atoms with Crippen LogP contribution < -0.4 is 14.8 Å². The molecule has 0 bridgehead atoms. The number of imidazole rings is 1. The van der Waals surface area contributed by atoms with Gasteiger partial charge in [0.25, 0.3) is 0 Å². The Labute approximate surface area is 202 Å². The first-order valence-corrected chi connectivity index (χ1v) is 11.7. The van der Waals surface area contributed by atoms with Crippen molar-refractivity contribution in [2.24, 2.45) is 0 Å². The number of anilines is 2. The van der Waals surface area contributed by atoms with Crippen molar-refractivity contribution < 1.29 is 9.47 Å². The molecule has 0 aliphatic carbocycles. The van der Waals surface area contributed by atoms with Crippen LogP contribution in [-0.2, 0) is 0 Å². The fraction of sp³-hybridized carbons (Fsp3) is 0.192.